The Labute approximate surface area is 157 Å². The number of aryl methyl sites for hydroxylation is 1. The van der Waals surface area contributed by atoms with E-state index < -0.39 is 0 Å². The van der Waals surface area contributed by atoms with Crippen LogP contribution in [0, 0.1) is 6.92 Å². The van der Waals surface area contributed by atoms with Gasteiger partial charge in [0.15, 0.2) is 0 Å². The van der Waals surface area contributed by atoms with Crippen LogP contribution in [0.2, 0.25) is 10.0 Å². The summed E-state index contributed by atoms with van der Waals surface area (Å²) in [4.78, 5) is 11.1. The minimum absolute atomic E-state index is 0.485. The van der Waals surface area contributed by atoms with E-state index in [1.54, 1.807) is 18.2 Å². The number of hydrogen-bond acceptors (Lipinski definition) is 4. The van der Waals surface area contributed by atoms with Gasteiger partial charge in [0.1, 0.15) is 5.82 Å². The maximum Gasteiger partial charge on any atom is 0.229 e. The van der Waals surface area contributed by atoms with Crippen LogP contribution in [0.3, 0.4) is 0 Å². The summed E-state index contributed by atoms with van der Waals surface area (Å²) < 4.78 is 0. The molecule has 25 heavy (non-hydrogen) atoms. The monoisotopic (exact) mass is 372 g/mol. The van der Waals surface area contributed by atoms with Crippen LogP contribution in [-0.2, 0) is 6.54 Å². The number of aromatic nitrogens is 2. The van der Waals surface area contributed by atoms with E-state index in [2.05, 4.69) is 32.3 Å². The van der Waals surface area contributed by atoms with Gasteiger partial charge in [-0.25, -0.2) is 4.98 Å². The predicted molar refractivity (Wildman–Crippen MR) is 105 cm³/mol. The van der Waals surface area contributed by atoms with E-state index >= 15 is 0 Å². The molecular weight excluding hydrogens is 355 g/mol. The molecule has 0 amide bonds. The molecule has 0 saturated carbocycles. The van der Waals surface area contributed by atoms with Crippen LogP contribution in [0.5, 0.6) is 0 Å². The van der Waals surface area contributed by atoms with Crippen LogP contribution in [0.25, 0.3) is 0 Å². The lowest BCUT2D eigenvalue weighted by molar-refractivity contribution is 0.888. The van der Waals surface area contributed by atoms with E-state index in [0.29, 0.717) is 21.7 Å². The van der Waals surface area contributed by atoms with Crippen molar-refractivity contribution in [2.45, 2.75) is 13.5 Å². The largest absolute Gasteiger partial charge is 0.355 e. The minimum Gasteiger partial charge on any atom is -0.355 e. The molecule has 1 aromatic heterocycles. The first-order valence-electron chi connectivity index (χ1n) is 7.84. The molecular formula is C19H18Cl2N4. The molecule has 6 heteroatoms. The molecule has 0 bridgehead atoms. The zero-order valence-corrected chi connectivity index (χ0v) is 15.5. The van der Waals surface area contributed by atoms with E-state index in [4.69, 9.17) is 23.2 Å². The molecule has 0 unspecified atom stereocenters. The first-order chi connectivity index (χ1) is 12.0. The summed E-state index contributed by atoms with van der Waals surface area (Å²) in [6.45, 7) is 2.70. The summed E-state index contributed by atoms with van der Waals surface area (Å²) in [7, 11) is 2.00. The summed E-state index contributed by atoms with van der Waals surface area (Å²) in [6, 6.07) is 17.4. The Morgan fingerprint density at radius 1 is 1.00 bits per heavy atom. The van der Waals surface area contributed by atoms with Crippen molar-refractivity contribution in [2.24, 2.45) is 0 Å². The van der Waals surface area contributed by atoms with E-state index in [0.717, 1.165) is 18.1 Å². The molecule has 0 radical (unpaired) electrons. The summed E-state index contributed by atoms with van der Waals surface area (Å²) in [5.74, 6) is 1.32. The van der Waals surface area contributed by atoms with Gasteiger partial charge >= 0.3 is 0 Å². The molecule has 3 aromatic rings. The molecule has 2 aromatic carbocycles. The maximum absolute atomic E-state index is 6.21. The number of hydrogen-bond donors (Lipinski definition) is 1. The Balaban J connectivity index is 1.84. The van der Waals surface area contributed by atoms with Gasteiger partial charge in [-0.05, 0) is 30.7 Å². The highest BCUT2D eigenvalue weighted by Crippen LogP contribution is 2.28. The summed E-state index contributed by atoms with van der Waals surface area (Å²) >= 11 is 12.2. The molecule has 1 N–H and O–H groups in total. The van der Waals surface area contributed by atoms with E-state index in [1.807, 2.05) is 38.2 Å². The van der Waals surface area contributed by atoms with Crippen molar-refractivity contribution >= 4 is 40.7 Å². The van der Waals surface area contributed by atoms with Crippen LogP contribution in [0.4, 0.5) is 17.5 Å². The first kappa shape index (κ1) is 17.5. The second kappa shape index (κ2) is 7.72. The fraction of sp³-hybridized carbons (Fsp3) is 0.158. The second-order valence-electron chi connectivity index (χ2n) is 5.78. The average Bonchev–Trinajstić information content (AvgIpc) is 2.58. The summed E-state index contributed by atoms with van der Waals surface area (Å²) in [6.07, 6.45) is 0. The van der Waals surface area contributed by atoms with Crippen molar-refractivity contribution in [3.63, 3.8) is 0 Å². The lowest BCUT2D eigenvalue weighted by atomic mass is 10.2. The quantitative estimate of drug-likeness (QED) is 0.644. The number of nitrogens with one attached hydrogen (secondary N) is 1. The Morgan fingerprint density at radius 2 is 1.76 bits per heavy atom. The smallest absolute Gasteiger partial charge is 0.229 e. The highest BCUT2D eigenvalue weighted by atomic mass is 35.5. The van der Waals surface area contributed by atoms with E-state index in [1.165, 1.54) is 5.56 Å². The van der Waals surface area contributed by atoms with Gasteiger partial charge in [-0.1, -0.05) is 53.5 Å². The normalized spacial score (nSPS) is 10.6. The van der Waals surface area contributed by atoms with Crippen LogP contribution in [-0.4, -0.2) is 17.0 Å². The number of halogens is 2. The molecule has 128 valence electrons. The van der Waals surface area contributed by atoms with Gasteiger partial charge in [0.2, 0.25) is 5.95 Å². The first-order valence-corrected chi connectivity index (χ1v) is 8.59. The number of benzene rings is 2. The van der Waals surface area contributed by atoms with Gasteiger partial charge in [0.25, 0.3) is 0 Å². The molecule has 0 fully saturated rings. The predicted octanol–water partition coefficient (Wildman–Crippen LogP) is 5.47. The van der Waals surface area contributed by atoms with Gasteiger partial charge in [-0.3, -0.25) is 0 Å². The minimum atomic E-state index is 0.485. The molecule has 0 aliphatic heterocycles. The molecule has 0 spiro atoms. The third-order valence-corrected chi connectivity index (χ3v) is 4.23. The van der Waals surface area contributed by atoms with Crippen LogP contribution < -0.4 is 10.2 Å². The van der Waals surface area contributed by atoms with Crippen molar-refractivity contribution in [1.29, 1.82) is 0 Å². The lowest BCUT2D eigenvalue weighted by Gasteiger charge is -2.19. The maximum atomic E-state index is 6.21. The molecule has 0 atom stereocenters. The Hall–Kier alpha value is -2.30. The van der Waals surface area contributed by atoms with Gasteiger partial charge in [0.05, 0.1) is 10.7 Å². The van der Waals surface area contributed by atoms with Crippen molar-refractivity contribution < 1.29 is 0 Å². The Bertz CT molecular complexity index is 869. The third-order valence-electron chi connectivity index (χ3n) is 3.67. The highest BCUT2D eigenvalue weighted by molar-refractivity contribution is 6.35. The van der Waals surface area contributed by atoms with E-state index in [-0.39, 0.29) is 0 Å². The fourth-order valence-corrected chi connectivity index (χ4v) is 2.79. The van der Waals surface area contributed by atoms with Crippen LogP contribution in [0.1, 0.15) is 11.3 Å². The molecule has 0 aliphatic carbocycles. The van der Waals surface area contributed by atoms with Crippen LogP contribution >= 0.6 is 23.2 Å². The zero-order chi connectivity index (χ0) is 17.8. The van der Waals surface area contributed by atoms with Gasteiger partial charge < -0.3 is 10.2 Å². The highest BCUT2D eigenvalue weighted by Gasteiger charge is 2.09. The topological polar surface area (TPSA) is 41.1 Å². The average molecular weight is 373 g/mol. The summed E-state index contributed by atoms with van der Waals surface area (Å²) in [5.41, 5.74) is 2.76. The SMILES string of the molecule is Cc1cc(N(C)Cc2ccccc2)nc(Nc2cc(Cl)ccc2Cl)n1. The molecule has 1 heterocycles. The van der Waals surface area contributed by atoms with Crippen molar-refractivity contribution in [3.8, 4) is 0 Å². The fourth-order valence-electron chi connectivity index (χ4n) is 2.46. The van der Waals surface area contributed by atoms with Crippen molar-refractivity contribution in [1.82, 2.24) is 9.97 Å². The van der Waals surface area contributed by atoms with Crippen molar-refractivity contribution in [2.75, 3.05) is 17.3 Å². The van der Waals surface area contributed by atoms with Crippen LogP contribution in [0.15, 0.2) is 54.6 Å². The molecule has 0 aliphatic rings. The summed E-state index contributed by atoms with van der Waals surface area (Å²) in [5, 5.41) is 4.31. The number of nitrogens with zero attached hydrogens (tertiary/aromatic N) is 3. The Morgan fingerprint density at radius 3 is 2.52 bits per heavy atom. The second-order valence-corrected chi connectivity index (χ2v) is 6.63. The number of rotatable bonds is 5. The van der Waals surface area contributed by atoms with Gasteiger partial charge in [-0.2, -0.15) is 4.98 Å². The number of anilines is 3. The molecule has 0 saturated heterocycles. The third kappa shape index (κ3) is 4.62. The van der Waals surface area contributed by atoms with Gasteiger partial charge in [0, 0.05) is 30.4 Å². The lowest BCUT2D eigenvalue weighted by Crippen LogP contribution is -2.18. The van der Waals surface area contributed by atoms with Crippen molar-refractivity contribution in [3.05, 3.63) is 75.9 Å². The molecule has 4 nitrogen and oxygen atoms in total. The Kier molecular flexibility index (Phi) is 5.41. The standard InChI is InChI=1S/C19H18Cl2N4/c1-13-10-18(25(2)12-14-6-4-3-5-7-14)24-19(22-13)23-17-11-15(20)8-9-16(17)21/h3-11H,12H2,1-2H3,(H,22,23,24). The molecule has 3 rings (SSSR count). The van der Waals surface area contributed by atoms with E-state index in [9.17, 15) is 0 Å². The van der Waals surface area contributed by atoms with Gasteiger partial charge in [-0.15, -0.1) is 0 Å². The zero-order valence-electron chi connectivity index (χ0n) is 14.0.